The van der Waals surface area contributed by atoms with Crippen LogP contribution in [0.5, 0.6) is 5.75 Å². The number of carbonyl (C=O) groups is 1. The molecule has 5 heteroatoms. The number of aromatic carboxylic acids is 1. The van der Waals surface area contributed by atoms with E-state index in [-0.39, 0.29) is 22.4 Å². The molecule has 1 saturated heterocycles. The van der Waals surface area contributed by atoms with Gasteiger partial charge in [-0.3, -0.25) is 0 Å². The molecule has 4 nitrogen and oxygen atoms in total. The zero-order valence-electron chi connectivity index (χ0n) is 17.5. The van der Waals surface area contributed by atoms with Gasteiger partial charge in [0.2, 0.25) is 0 Å². The van der Waals surface area contributed by atoms with Gasteiger partial charge in [-0.25, -0.2) is 4.79 Å². The molecule has 1 fully saturated rings. The van der Waals surface area contributed by atoms with Gasteiger partial charge in [0.25, 0.3) is 0 Å². The van der Waals surface area contributed by atoms with Crippen molar-refractivity contribution < 1.29 is 15.0 Å². The van der Waals surface area contributed by atoms with E-state index in [9.17, 15) is 9.90 Å². The van der Waals surface area contributed by atoms with E-state index in [1.807, 2.05) is 12.1 Å². The summed E-state index contributed by atoms with van der Waals surface area (Å²) in [7, 11) is 0. The predicted molar refractivity (Wildman–Crippen MR) is 128 cm³/mol. The largest absolute Gasteiger partial charge is 0.508 e. The van der Waals surface area contributed by atoms with Crippen LogP contribution in [-0.4, -0.2) is 40.7 Å². The molecule has 0 aliphatic carbocycles. The second kappa shape index (κ2) is 10.6. The van der Waals surface area contributed by atoms with Gasteiger partial charge < -0.3 is 15.1 Å². The number of phenols is 1. The van der Waals surface area contributed by atoms with Crippen LogP contribution >= 0.6 is 17.0 Å². The van der Waals surface area contributed by atoms with Crippen LogP contribution in [0.4, 0.5) is 0 Å². The minimum absolute atomic E-state index is 0. The number of likely N-dealkylation sites (tertiary alicyclic amines) is 1. The Balaban J connectivity index is 0.000000272. The standard InChI is InChI=1S/C18H23NO.C7H6O2.BrH/c1-18(2,13-19-9-3-4-10-19)16-7-5-15-12-17(20)8-6-14(15)11-16;8-7(9)6-4-2-1-3-5-6;/h5-8,11-12,20H,3-4,9-10,13H2,1-2H3;1-5H,(H,8,9);1H. The van der Waals surface area contributed by atoms with E-state index < -0.39 is 5.97 Å². The van der Waals surface area contributed by atoms with Crippen LogP contribution in [0, 0.1) is 0 Å². The van der Waals surface area contributed by atoms with Gasteiger partial charge in [-0.1, -0.05) is 56.3 Å². The molecule has 3 aromatic rings. The lowest BCUT2D eigenvalue weighted by molar-refractivity contribution is 0.0697. The van der Waals surface area contributed by atoms with Crippen molar-refractivity contribution in [2.45, 2.75) is 32.1 Å². The molecule has 0 aromatic heterocycles. The first-order valence-corrected chi connectivity index (χ1v) is 10.1. The van der Waals surface area contributed by atoms with Gasteiger partial charge in [0.15, 0.2) is 0 Å². The van der Waals surface area contributed by atoms with E-state index in [0.717, 1.165) is 11.9 Å². The van der Waals surface area contributed by atoms with Gasteiger partial charge in [-0.2, -0.15) is 0 Å². The fourth-order valence-corrected chi connectivity index (χ4v) is 3.83. The third-order valence-electron chi connectivity index (χ3n) is 5.44. The third-order valence-corrected chi connectivity index (χ3v) is 5.44. The first kappa shape index (κ1) is 23.9. The van der Waals surface area contributed by atoms with E-state index in [2.05, 4.69) is 36.9 Å². The lowest BCUT2D eigenvalue weighted by atomic mass is 9.83. The number of rotatable bonds is 4. The Kier molecular flexibility index (Phi) is 8.44. The van der Waals surface area contributed by atoms with Crippen molar-refractivity contribution in [1.29, 1.82) is 0 Å². The Morgan fingerprint density at radius 1 is 0.933 bits per heavy atom. The zero-order valence-corrected chi connectivity index (χ0v) is 19.3. The van der Waals surface area contributed by atoms with Crippen molar-refractivity contribution in [1.82, 2.24) is 4.90 Å². The fraction of sp³-hybridized carbons (Fsp3) is 0.320. The number of fused-ring (bicyclic) bond motifs is 1. The van der Waals surface area contributed by atoms with Gasteiger partial charge in [-0.05, 0) is 66.5 Å². The SMILES string of the molecule is Br.CC(C)(CN1CCCC1)c1ccc2cc(O)ccc2c1.O=C(O)c1ccccc1. The second-order valence-corrected chi connectivity index (χ2v) is 8.28. The Morgan fingerprint density at radius 2 is 1.53 bits per heavy atom. The van der Waals surface area contributed by atoms with Crippen LogP contribution in [0.15, 0.2) is 66.7 Å². The van der Waals surface area contributed by atoms with Crippen LogP contribution < -0.4 is 0 Å². The lowest BCUT2D eigenvalue weighted by Crippen LogP contribution is -2.35. The molecule has 30 heavy (non-hydrogen) atoms. The van der Waals surface area contributed by atoms with Crippen molar-refractivity contribution >= 4 is 33.7 Å². The first-order chi connectivity index (χ1) is 13.8. The number of phenolic OH excluding ortho intramolecular Hbond substituents is 1. The van der Waals surface area contributed by atoms with E-state index in [1.54, 1.807) is 36.4 Å². The molecule has 4 rings (SSSR count). The van der Waals surface area contributed by atoms with Crippen molar-refractivity contribution in [3.63, 3.8) is 0 Å². The molecule has 1 heterocycles. The normalized spacial score (nSPS) is 13.9. The molecule has 0 spiro atoms. The summed E-state index contributed by atoms with van der Waals surface area (Å²) in [5.74, 6) is -0.544. The summed E-state index contributed by atoms with van der Waals surface area (Å²) in [6.45, 7) is 8.26. The highest BCUT2D eigenvalue weighted by atomic mass is 79.9. The molecule has 0 radical (unpaired) electrons. The summed E-state index contributed by atoms with van der Waals surface area (Å²) in [5.41, 5.74) is 1.87. The van der Waals surface area contributed by atoms with Crippen molar-refractivity contribution in [3.8, 4) is 5.75 Å². The molecule has 0 bridgehead atoms. The quantitative estimate of drug-likeness (QED) is 0.498. The highest BCUT2D eigenvalue weighted by Gasteiger charge is 2.25. The topological polar surface area (TPSA) is 60.8 Å². The maximum Gasteiger partial charge on any atom is 0.335 e. The number of carboxylic acids is 1. The summed E-state index contributed by atoms with van der Waals surface area (Å²) < 4.78 is 0. The molecule has 0 atom stereocenters. The second-order valence-electron chi connectivity index (χ2n) is 8.28. The Labute approximate surface area is 188 Å². The monoisotopic (exact) mass is 471 g/mol. The Hall–Kier alpha value is -2.37. The molecule has 160 valence electrons. The molecule has 2 N–H and O–H groups in total. The smallest absolute Gasteiger partial charge is 0.335 e. The minimum Gasteiger partial charge on any atom is -0.508 e. The highest BCUT2D eigenvalue weighted by molar-refractivity contribution is 8.93. The molecule has 1 aliphatic rings. The molecule has 0 unspecified atom stereocenters. The fourth-order valence-electron chi connectivity index (χ4n) is 3.83. The van der Waals surface area contributed by atoms with Gasteiger partial charge in [0.05, 0.1) is 5.56 Å². The summed E-state index contributed by atoms with van der Waals surface area (Å²) in [6, 6.07) is 20.5. The van der Waals surface area contributed by atoms with Crippen LogP contribution in [0.3, 0.4) is 0 Å². The van der Waals surface area contributed by atoms with E-state index in [1.165, 1.54) is 36.9 Å². The number of carboxylic acid groups (broad SMARTS) is 1. The van der Waals surface area contributed by atoms with Crippen molar-refractivity contribution in [2.75, 3.05) is 19.6 Å². The number of hydrogen-bond acceptors (Lipinski definition) is 3. The summed E-state index contributed by atoms with van der Waals surface area (Å²) in [6.07, 6.45) is 2.68. The number of hydrogen-bond donors (Lipinski definition) is 2. The number of aromatic hydroxyl groups is 1. The number of halogens is 1. The van der Waals surface area contributed by atoms with Gasteiger partial charge in [0.1, 0.15) is 5.75 Å². The average molecular weight is 472 g/mol. The van der Waals surface area contributed by atoms with Crippen LogP contribution in [0.25, 0.3) is 10.8 Å². The Bertz CT molecular complexity index is 967. The highest BCUT2D eigenvalue weighted by Crippen LogP contribution is 2.30. The molecule has 3 aromatic carbocycles. The van der Waals surface area contributed by atoms with Crippen LogP contribution in [0.1, 0.15) is 42.6 Å². The van der Waals surface area contributed by atoms with Crippen LogP contribution in [-0.2, 0) is 5.41 Å². The molecule has 0 amide bonds. The van der Waals surface area contributed by atoms with E-state index in [0.29, 0.717) is 11.3 Å². The molecule has 1 aliphatic heterocycles. The minimum atomic E-state index is -0.879. The molecular weight excluding hydrogens is 442 g/mol. The maximum atomic E-state index is 10.2. The van der Waals surface area contributed by atoms with Gasteiger partial charge in [0, 0.05) is 12.0 Å². The van der Waals surface area contributed by atoms with E-state index in [4.69, 9.17) is 5.11 Å². The van der Waals surface area contributed by atoms with Crippen molar-refractivity contribution in [3.05, 3.63) is 77.9 Å². The molecular formula is C25H30BrNO3. The Morgan fingerprint density at radius 3 is 2.13 bits per heavy atom. The van der Waals surface area contributed by atoms with Crippen LogP contribution in [0.2, 0.25) is 0 Å². The van der Waals surface area contributed by atoms with E-state index >= 15 is 0 Å². The zero-order chi connectivity index (χ0) is 20.9. The maximum absolute atomic E-state index is 10.2. The summed E-state index contributed by atoms with van der Waals surface area (Å²) >= 11 is 0. The summed E-state index contributed by atoms with van der Waals surface area (Å²) in [5, 5.41) is 20.2. The van der Waals surface area contributed by atoms with Gasteiger partial charge in [-0.15, -0.1) is 17.0 Å². The molecule has 0 saturated carbocycles. The predicted octanol–water partition coefficient (Wildman–Crippen LogP) is 5.88. The summed E-state index contributed by atoms with van der Waals surface area (Å²) in [4.78, 5) is 12.8. The van der Waals surface area contributed by atoms with Gasteiger partial charge >= 0.3 is 5.97 Å². The average Bonchev–Trinajstić information content (AvgIpc) is 3.21. The number of benzene rings is 3. The van der Waals surface area contributed by atoms with Crippen molar-refractivity contribution in [2.24, 2.45) is 0 Å². The first-order valence-electron chi connectivity index (χ1n) is 10.1. The lowest BCUT2D eigenvalue weighted by Gasteiger charge is -2.31. The number of nitrogens with zero attached hydrogens (tertiary/aromatic N) is 1. The third kappa shape index (κ3) is 6.31.